The Labute approximate surface area is 702 Å². The molecule has 0 aliphatic heterocycles. The number of anilines is 3. The van der Waals surface area contributed by atoms with Gasteiger partial charge < -0.3 is 19.4 Å². The van der Waals surface area contributed by atoms with Gasteiger partial charge in [0.25, 0.3) is 19.7 Å². The van der Waals surface area contributed by atoms with Crippen LogP contribution < -0.4 is 19.4 Å². The zero-order chi connectivity index (χ0) is 87.6. The average Bonchev–Trinajstić information content (AvgIpc) is 0.838. The molecular weight excluding hydrogens is 1680 g/mol. The van der Waals surface area contributed by atoms with Crippen molar-refractivity contribution in [3.05, 3.63) is 79.8 Å². The summed E-state index contributed by atoms with van der Waals surface area (Å²) in [4.78, 5) is 18.3. The number of nitrogens with zero attached hydrogens (tertiary/aromatic N) is 6. The summed E-state index contributed by atoms with van der Waals surface area (Å²) in [5.41, 5.74) is 10.1. The van der Waals surface area contributed by atoms with E-state index in [0.29, 0.717) is 5.92 Å². The molecule has 32 heteroatoms. The quantitative estimate of drug-likeness (QED) is 0.0707. The predicted molar refractivity (Wildman–Crippen MR) is 525 cm³/mol. The maximum absolute atomic E-state index is 5.57. The lowest BCUT2D eigenvalue weighted by atomic mass is 9.97. The topological polar surface area (TPSA) is 32.0 Å². The van der Waals surface area contributed by atoms with Gasteiger partial charge in [-0.05, 0) is 132 Å². The molecule has 0 aliphatic carbocycles. The van der Waals surface area contributed by atoms with E-state index in [0.717, 1.165) is 55.2 Å². The molecule has 1 atom stereocenters. The SMILES string of the molecule is C#CC#CC.C#CC#CC.C#CC#CC.C#[N+]c1cc(CC)c(N(C)C)c(CC)c1.C#[N+]c1ccc(N(C)C)c(N(CCCCCCCC)CCCCCCCC)c1.C#[N+]c1ccc(OC)c(C(C)CC)c1.S=S=S=S=S.S=S=S=S=S.S=S=S=S=S.S=S=S=S=S.S=S=S=S=S.[2HH].[2HH].[2HH].[2H][2H].[2H][2H].[2H][2H].[2H][2H].[2H][2H].[2H][2H]. The Morgan fingerprint density at radius 1 is 0.464 bits per heavy atom. The first kappa shape index (κ1) is 97.2. The molecule has 3 aromatic carbocycles. The van der Waals surface area contributed by atoms with Crippen LogP contribution in [-0.2, 0) is 258 Å². The fourth-order valence-corrected chi connectivity index (χ4v) is 21.1. The first-order chi connectivity index (χ1) is 52.8. The molecule has 7 nitrogen and oxygen atoms in total. The predicted octanol–water partition coefficient (Wildman–Crippen LogP) is 19.2. The summed E-state index contributed by atoms with van der Waals surface area (Å²) in [6.07, 6.45) is 33.2. The van der Waals surface area contributed by atoms with Crippen LogP contribution in [-0.4, -0.2) is 48.4 Å². The monoisotopic (exact) mass is 1800 g/mol. The maximum atomic E-state index is 5.57. The number of aryl methyl sites for hydroxylation is 2. The molecule has 0 heterocycles. The van der Waals surface area contributed by atoms with Crippen LogP contribution in [0.3, 0.4) is 0 Å². The molecule has 0 N–H and O–H groups in total. The first-order valence-corrected chi connectivity index (χ1v) is 55.7. The van der Waals surface area contributed by atoms with E-state index in [1.807, 2.05) is 24.3 Å². The van der Waals surface area contributed by atoms with Crippen LogP contribution in [0, 0.1) is 92.3 Å². The summed E-state index contributed by atoms with van der Waals surface area (Å²) in [5, 5.41) is 0. The number of terminal acetylenes is 3. The van der Waals surface area contributed by atoms with Gasteiger partial charge in [0, 0.05) is 350 Å². The van der Waals surface area contributed by atoms with Crippen LogP contribution in [0.25, 0.3) is 14.5 Å². The van der Waals surface area contributed by atoms with Crippen molar-refractivity contribution >= 4 is 279 Å². The van der Waals surface area contributed by atoms with Gasteiger partial charge in [-0.3, -0.25) is 0 Å². The highest BCUT2D eigenvalue weighted by atomic mass is 33.3. The summed E-state index contributed by atoms with van der Waals surface area (Å²) < 4.78 is 65.3. The van der Waals surface area contributed by atoms with Crippen LogP contribution in [0.1, 0.15) is 190 Å². The van der Waals surface area contributed by atoms with Crippen LogP contribution in [0.5, 0.6) is 5.75 Å². The summed E-state index contributed by atoms with van der Waals surface area (Å²) >= 11 is 44.4. The van der Waals surface area contributed by atoms with E-state index < -0.39 is 0 Å². The normalized spacial score (nSPS) is 8.74. The molecule has 0 amide bonds. The fraction of sp³-hybridized carbons (Fsp3) is 0.492. The Morgan fingerprint density at radius 3 is 1.04 bits per heavy atom. The smallest absolute Gasteiger partial charge is 0.342 e. The molecule has 0 spiro atoms. The molecule has 97 heavy (non-hydrogen) atoms. The van der Waals surface area contributed by atoms with Gasteiger partial charge in [0.05, 0.1) is 24.6 Å². The summed E-state index contributed by atoms with van der Waals surface area (Å²) in [7, 11) is 29.8. The fourth-order valence-electron chi connectivity index (χ4n) is 7.35. The summed E-state index contributed by atoms with van der Waals surface area (Å²) in [6.45, 7) is 36.7. The Kier molecular flexibility index (Phi) is 94.4. The number of unbranched alkanes of at least 4 members (excludes halogenated alkanes) is 10. The molecule has 0 bridgehead atoms. The van der Waals surface area contributed by atoms with Crippen molar-refractivity contribution in [3.8, 4) is 98.0 Å². The summed E-state index contributed by atoms with van der Waals surface area (Å²) in [6, 6.07) is 16.2. The molecule has 0 aliphatic rings. The second-order valence-corrected chi connectivity index (χ2v) is 44.5. The standard InChI is InChI=1S/C25H44N3.C13H19N2.C12H16NO.3C5H4.5S5.9H2/c1-6-8-10-12-14-16-20-28(21-17-15-13-11-9-7-2)25-22-23(26-3)18-19-24(25)27(4)5;1-6-10-8-12(14-3)9-11(7-2)13(10)15(4)5;1-5-9(2)11-8-10(13-3)6-7-12(11)14-4;8*1-3-5-4-2;;;;;;;;;/h3,18-19,22H,6-17,20-21H2,1-2,4-5H3;3,8-9H,6-7H2,1-2,4-5H3;3,6-9H,5H2,1-2,4H3;3*1H,2H3;;;;;;9*1H/q3*+1;;;;;;;;;;;;;;;;;/i;;;;;;;;;;;6*1+1D;3*1+1. The minimum absolute atomic E-state index is 0. The van der Waals surface area contributed by atoms with E-state index in [2.05, 4.69) is 288 Å². The highest BCUT2D eigenvalue weighted by Crippen LogP contribution is 2.34. The Hall–Kier alpha value is -1.81. The van der Waals surface area contributed by atoms with Crippen molar-refractivity contribution in [1.29, 1.82) is 0 Å². The Balaban J connectivity index is -0.0000000623. The van der Waals surface area contributed by atoms with Crippen LogP contribution in [0.2, 0.25) is 0 Å². The third kappa shape index (κ3) is 76.7. The van der Waals surface area contributed by atoms with E-state index in [1.165, 1.54) is 244 Å². The van der Waals surface area contributed by atoms with Gasteiger partial charge in [0.15, 0.2) is 0 Å². The molecule has 3 rings (SSSR count). The molecule has 0 saturated carbocycles. The zero-order valence-corrected chi connectivity index (χ0v) is 77.9. The van der Waals surface area contributed by atoms with Crippen LogP contribution in [0.15, 0.2) is 48.5 Å². The lowest BCUT2D eigenvalue weighted by Crippen LogP contribution is -2.27. The van der Waals surface area contributed by atoms with Crippen molar-refractivity contribution in [3.63, 3.8) is 0 Å². The van der Waals surface area contributed by atoms with Crippen molar-refractivity contribution in [2.45, 2.75) is 165 Å². The van der Waals surface area contributed by atoms with Crippen LogP contribution in [0.4, 0.5) is 34.1 Å². The second-order valence-electron chi connectivity index (χ2n) is 18.0. The van der Waals surface area contributed by atoms with E-state index in [1.54, 1.807) is 27.9 Å². The molecule has 0 radical (unpaired) electrons. The highest BCUT2D eigenvalue weighted by molar-refractivity contribution is 8.61. The lowest BCUT2D eigenvalue weighted by Gasteiger charge is -2.29. The second kappa shape index (κ2) is 94.2. The molecule has 1 unspecified atom stereocenters. The number of benzene rings is 3. The number of ether oxygens (including phenoxy) is 1. The van der Waals surface area contributed by atoms with E-state index in [9.17, 15) is 0 Å². The first-order valence-electron chi connectivity index (χ1n) is 35.0. The Bertz CT molecular complexity index is 3530. The number of methoxy groups -OCH3 is 1. The van der Waals surface area contributed by atoms with Crippen molar-refractivity contribution in [2.24, 2.45) is 0 Å². The van der Waals surface area contributed by atoms with Gasteiger partial charge in [0.1, 0.15) is 5.75 Å². The Morgan fingerprint density at radius 2 is 0.794 bits per heavy atom. The number of hydrogen-bond acceptors (Lipinski definition) is 14. The summed E-state index contributed by atoms with van der Waals surface area (Å²) in [5.74, 6) is 22.6. The molecule has 552 valence electrons. The van der Waals surface area contributed by atoms with Crippen molar-refractivity contribution < 1.29 is 26.8 Å². The number of rotatable bonds is 22. The van der Waals surface area contributed by atoms with Crippen molar-refractivity contribution in [1.82, 2.24) is 0 Å². The van der Waals surface area contributed by atoms with Gasteiger partial charge in [-0.2, -0.15) is 0 Å². The minimum atomic E-state index is 0. The average molecular weight is 1810 g/mol. The lowest BCUT2D eigenvalue weighted by molar-refractivity contribution is 0.406. The third-order valence-corrected chi connectivity index (χ3v) is 33.7. The molecule has 3 aromatic rings. The molecule has 0 aromatic heterocycles. The zero-order valence-electron chi connectivity index (χ0n) is 69.5. The van der Waals surface area contributed by atoms with E-state index >= 15 is 0 Å². The van der Waals surface area contributed by atoms with Crippen molar-refractivity contribution in [2.75, 3.05) is 63.1 Å². The van der Waals surface area contributed by atoms with Gasteiger partial charge in [-0.15, -0.1) is 19.3 Å². The van der Waals surface area contributed by atoms with Gasteiger partial charge in [-0.1, -0.05) is 124 Å². The van der Waals surface area contributed by atoms with Crippen LogP contribution >= 0.6 is 0 Å². The number of hydrogen-bond donors (Lipinski definition) is 0. The van der Waals surface area contributed by atoms with E-state index in [4.69, 9.17) is 61.5 Å². The van der Waals surface area contributed by atoms with Gasteiger partial charge >= 0.3 is 17.1 Å². The molecular formula is C65H109N6OS25+3. The minimum Gasteiger partial charge on any atom is -0.496 e. The largest absolute Gasteiger partial charge is 0.496 e. The van der Waals surface area contributed by atoms with E-state index in [-0.39, 0.29) is 4.28 Å². The highest BCUT2D eigenvalue weighted by Gasteiger charge is 2.18. The van der Waals surface area contributed by atoms with Gasteiger partial charge in [-0.25, -0.2) is 0 Å². The maximum Gasteiger partial charge on any atom is 0.342 e. The molecule has 0 saturated heterocycles. The molecule has 0 fully saturated rings. The third-order valence-electron chi connectivity index (χ3n) is 11.5. The van der Waals surface area contributed by atoms with Gasteiger partial charge in [0.2, 0.25) is 0 Å².